The largest absolute Gasteiger partial charge is 0.486 e. The molecule has 2 atom stereocenters. The number of nitrogens with two attached hydrogens (primary N) is 1. The van der Waals surface area contributed by atoms with E-state index in [9.17, 15) is 4.79 Å². The van der Waals surface area contributed by atoms with Crippen LogP contribution in [0.5, 0.6) is 11.5 Å². The zero-order chi connectivity index (χ0) is 16.7. The molecule has 1 heterocycles. The minimum Gasteiger partial charge on any atom is -0.486 e. The normalized spacial score (nSPS) is 31.4. The second kappa shape index (κ2) is 6.45. The number of carbonyl (C=O) groups excluding carboxylic acids is 1. The number of rotatable bonds is 2. The first-order chi connectivity index (χ1) is 11.6. The second-order valence-corrected chi connectivity index (χ2v) is 7.57. The van der Waals surface area contributed by atoms with Gasteiger partial charge in [-0.05, 0) is 37.5 Å². The van der Waals surface area contributed by atoms with Gasteiger partial charge in [-0.2, -0.15) is 0 Å². The Bertz CT molecular complexity index is 637. The molecular weight excluding hydrogens is 328 g/mol. The van der Waals surface area contributed by atoms with Crippen LogP contribution in [0.3, 0.4) is 0 Å². The lowest BCUT2D eigenvalue weighted by atomic mass is 9.65. The molecule has 2 saturated carbocycles. The summed E-state index contributed by atoms with van der Waals surface area (Å²) in [6, 6.07) is 3.72. The van der Waals surface area contributed by atoms with Crippen LogP contribution in [0.25, 0.3) is 0 Å². The number of ether oxygens (including phenoxy) is 2. The maximum Gasteiger partial charge on any atom is 0.227 e. The highest BCUT2D eigenvalue weighted by molar-refractivity contribution is 6.34. The van der Waals surface area contributed by atoms with E-state index in [0.717, 1.165) is 25.7 Å². The Morgan fingerprint density at radius 2 is 1.75 bits per heavy atom. The van der Waals surface area contributed by atoms with Crippen molar-refractivity contribution in [2.45, 2.75) is 38.1 Å². The first-order valence-electron chi connectivity index (χ1n) is 8.77. The summed E-state index contributed by atoms with van der Waals surface area (Å²) in [6.45, 7) is 1.02. The molecule has 5 nitrogen and oxygen atoms in total. The van der Waals surface area contributed by atoms with Crippen molar-refractivity contribution in [3.8, 4) is 11.5 Å². The number of hydrogen-bond donors (Lipinski definition) is 2. The number of halogens is 1. The van der Waals surface area contributed by atoms with Crippen LogP contribution in [-0.4, -0.2) is 25.2 Å². The Hall–Kier alpha value is -1.46. The zero-order valence-electron chi connectivity index (χ0n) is 13.6. The van der Waals surface area contributed by atoms with Gasteiger partial charge >= 0.3 is 0 Å². The van der Waals surface area contributed by atoms with E-state index >= 15 is 0 Å². The molecule has 24 heavy (non-hydrogen) atoms. The molecule has 1 aliphatic heterocycles. The molecule has 0 radical (unpaired) electrons. The summed E-state index contributed by atoms with van der Waals surface area (Å²) >= 11 is 6.29. The van der Waals surface area contributed by atoms with Crippen molar-refractivity contribution >= 4 is 23.2 Å². The lowest BCUT2D eigenvalue weighted by Crippen LogP contribution is -2.48. The van der Waals surface area contributed by atoms with Gasteiger partial charge in [0.1, 0.15) is 13.2 Å². The molecule has 1 aromatic rings. The quantitative estimate of drug-likeness (QED) is 0.859. The summed E-state index contributed by atoms with van der Waals surface area (Å²) in [5.74, 6) is 2.26. The van der Waals surface area contributed by atoms with E-state index in [2.05, 4.69) is 5.32 Å². The maximum atomic E-state index is 12.7. The fourth-order valence-electron chi connectivity index (χ4n) is 4.40. The van der Waals surface area contributed by atoms with Gasteiger partial charge in [0.25, 0.3) is 0 Å². The Labute approximate surface area is 146 Å². The minimum atomic E-state index is 0.0179. The van der Waals surface area contributed by atoms with E-state index in [1.165, 1.54) is 6.42 Å². The first-order valence-corrected chi connectivity index (χ1v) is 9.15. The molecule has 2 fully saturated rings. The van der Waals surface area contributed by atoms with E-state index in [1.54, 1.807) is 12.1 Å². The van der Waals surface area contributed by atoms with Crippen LogP contribution in [0.2, 0.25) is 5.02 Å². The molecule has 0 saturated heterocycles. The number of nitrogens with one attached hydrogen (secondary N) is 1. The molecule has 1 aromatic carbocycles. The SMILES string of the molecule is NC1C2CCCC1CC(C(=O)Nc1cc3c(cc1Cl)OCCO3)C2. The van der Waals surface area contributed by atoms with Crippen LogP contribution in [0.1, 0.15) is 32.1 Å². The molecule has 0 aromatic heterocycles. The van der Waals surface area contributed by atoms with Crippen molar-refractivity contribution in [2.75, 3.05) is 18.5 Å². The molecule has 130 valence electrons. The average molecular weight is 351 g/mol. The number of carbonyl (C=O) groups is 1. The van der Waals surface area contributed by atoms with Crippen LogP contribution >= 0.6 is 11.6 Å². The van der Waals surface area contributed by atoms with Crippen LogP contribution in [0.15, 0.2) is 12.1 Å². The van der Waals surface area contributed by atoms with Gasteiger partial charge in [-0.3, -0.25) is 4.79 Å². The summed E-state index contributed by atoms with van der Waals surface area (Å²) in [4.78, 5) is 12.7. The molecule has 1 amide bonds. The van der Waals surface area contributed by atoms with Crippen molar-refractivity contribution in [3.63, 3.8) is 0 Å². The fourth-order valence-corrected chi connectivity index (χ4v) is 4.60. The molecule has 6 heteroatoms. The number of hydrogen-bond acceptors (Lipinski definition) is 4. The van der Waals surface area contributed by atoms with Gasteiger partial charge in [-0.1, -0.05) is 18.0 Å². The van der Waals surface area contributed by atoms with E-state index < -0.39 is 0 Å². The summed E-state index contributed by atoms with van der Waals surface area (Å²) < 4.78 is 11.1. The van der Waals surface area contributed by atoms with Gasteiger partial charge in [-0.15, -0.1) is 0 Å². The molecule has 2 unspecified atom stereocenters. The van der Waals surface area contributed by atoms with Crippen LogP contribution in [-0.2, 0) is 4.79 Å². The van der Waals surface area contributed by atoms with Crippen molar-refractivity contribution in [1.82, 2.24) is 0 Å². The topological polar surface area (TPSA) is 73.6 Å². The molecule has 3 N–H and O–H groups in total. The lowest BCUT2D eigenvalue weighted by Gasteiger charge is -2.43. The Balaban J connectivity index is 1.48. The highest BCUT2D eigenvalue weighted by atomic mass is 35.5. The van der Waals surface area contributed by atoms with Gasteiger partial charge < -0.3 is 20.5 Å². The fraction of sp³-hybridized carbons (Fsp3) is 0.611. The molecule has 0 spiro atoms. The average Bonchev–Trinajstić information content (AvgIpc) is 2.55. The highest BCUT2D eigenvalue weighted by Gasteiger charge is 2.40. The van der Waals surface area contributed by atoms with Gasteiger partial charge in [0, 0.05) is 24.1 Å². The van der Waals surface area contributed by atoms with Gasteiger partial charge in [0.2, 0.25) is 5.91 Å². The Morgan fingerprint density at radius 3 is 2.42 bits per heavy atom. The van der Waals surface area contributed by atoms with Crippen molar-refractivity contribution in [1.29, 1.82) is 0 Å². The van der Waals surface area contributed by atoms with Gasteiger partial charge in [0.05, 0.1) is 10.7 Å². The van der Waals surface area contributed by atoms with E-state index in [0.29, 0.717) is 47.3 Å². The maximum absolute atomic E-state index is 12.7. The van der Waals surface area contributed by atoms with Crippen molar-refractivity contribution < 1.29 is 14.3 Å². The van der Waals surface area contributed by atoms with E-state index in [1.807, 2.05) is 0 Å². The number of benzene rings is 1. The molecular formula is C18H23ClN2O3. The molecule has 3 aliphatic rings. The van der Waals surface area contributed by atoms with Gasteiger partial charge in [0.15, 0.2) is 11.5 Å². The third-order valence-corrected chi connectivity index (χ3v) is 5.99. The smallest absolute Gasteiger partial charge is 0.227 e. The van der Waals surface area contributed by atoms with E-state index in [4.69, 9.17) is 26.8 Å². The molecule has 2 bridgehead atoms. The summed E-state index contributed by atoms with van der Waals surface area (Å²) in [5.41, 5.74) is 6.91. The highest BCUT2D eigenvalue weighted by Crippen LogP contribution is 2.43. The van der Waals surface area contributed by atoms with Gasteiger partial charge in [-0.25, -0.2) is 0 Å². The predicted octanol–water partition coefficient (Wildman–Crippen LogP) is 3.20. The third kappa shape index (κ3) is 2.95. The number of amides is 1. The second-order valence-electron chi connectivity index (χ2n) is 7.16. The van der Waals surface area contributed by atoms with E-state index in [-0.39, 0.29) is 17.9 Å². The molecule has 4 rings (SSSR count). The van der Waals surface area contributed by atoms with Crippen molar-refractivity contribution in [3.05, 3.63) is 17.2 Å². The van der Waals surface area contributed by atoms with Crippen LogP contribution in [0, 0.1) is 17.8 Å². The summed E-state index contributed by atoms with van der Waals surface area (Å²) in [5, 5.41) is 3.46. The summed E-state index contributed by atoms with van der Waals surface area (Å²) in [7, 11) is 0. The third-order valence-electron chi connectivity index (χ3n) is 5.67. The number of anilines is 1. The monoisotopic (exact) mass is 350 g/mol. The zero-order valence-corrected chi connectivity index (χ0v) is 14.3. The Morgan fingerprint density at radius 1 is 1.12 bits per heavy atom. The first kappa shape index (κ1) is 16.0. The van der Waals surface area contributed by atoms with Crippen molar-refractivity contribution in [2.24, 2.45) is 23.5 Å². The summed E-state index contributed by atoms with van der Waals surface area (Å²) in [6.07, 6.45) is 5.29. The van der Waals surface area contributed by atoms with Crippen LogP contribution < -0.4 is 20.5 Å². The Kier molecular flexibility index (Phi) is 4.31. The minimum absolute atomic E-state index is 0.0179. The predicted molar refractivity (Wildman–Crippen MR) is 92.6 cm³/mol. The lowest BCUT2D eigenvalue weighted by molar-refractivity contribution is -0.122. The van der Waals surface area contributed by atoms with Crippen LogP contribution in [0.4, 0.5) is 5.69 Å². The standard InChI is InChI=1S/C18H23ClN2O3/c19-13-8-15-16(24-5-4-23-15)9-14(13)21-18(22)12-6-10-2-1-3-11(7-12)17(10)20/h8-12,17H,1-7,20H2,(H,21,22). The number of fused-ring (bicyclic) bond motifs is 3. The molecule has 2 aliphatic carbocycles.